The average molecular weight is 380 g/mol. The molecule has 1 aliphatic rings. The number of nitrogens with zero attached hydrogens (tertiary/aromatic N) is 5. The van der Waals surface area contributed by atoms with Gasteiger partial charge in [0.2, 0.25) is 5.91 Å². The van der Waals surface area contributed by atoms with Crippen LogP contribution in [-0.4, -0.2) is 51.6 Å². The molecule has 0 aliphatic carbocycles. The molecule has 124 valence electrons. The number of carbonyl (C=O) groups excluding carboxylic acids is 1. The van der Waals surface area contributed by atoms with Gasteiger partial charge in [-0.25, -0.2) is 9.50 Å². The van der Waals surface area contributed by atoms with Crippen LogP contribution >= 0.6 is 15.9 Å². The molecule has 1 saturated heterocycles. The number of fused-ring (bicyclic) bond motifs is 1. The van der Waals surface area contributed by atoms with Gasteiger partial charge < -0.3 is 9.80 Å². The molecule has 1 amide bonds. The van der Waals surface area contributed by atoms with Crippen LogP contribution in [0.15, 0.2) is 22.9 Å². The highest BCUT2D eigenvalue weighted by molar-refractivity contribution is 9.10. The van der Waals surface area contributed by atoms with Gasteiger partial charge >= 0.3 is 0 Å². The van der Waals surface area contributed by atoms with Gasteiger partial charge in [0.1, 0.15) is 5.82 Å². The topological polar surface area (TPSA) is 53.7 Å². The van der Waals surface area contributed by atoms with Gasteiger partial charge in [0, 0.05) is 25.8 Å². The van der Waals surface area contributed by atoms with Gasteiger partial charge in [0.25, 0.3) is 0 Å². The van der Waals surface area contributed by atoms with Crippen molar-refractivity contribution >= 4 is 33.3 Å². The predicted octanol–water partition coefficient (Wildman–Crippen LogP) is 2.58. The second-order valence-corrected chi connectivity index (χ2v) is 8.01. The van der Waals surface area contributed by atoms with E-state index >= 15 is 0 Å². The second-order valence-electron chi connectivity index (χ2n) is 7.16. The van der Waals surface area contributed by atoms with Crippen molar-refractivity contribution in [1.29, 1.82) is 0 Å². The quantitative estimate of drug-likeness (QED) is 0.822. The summed E-state index contributed by atoms with van der Waals surface area (Å²) < 4.78 is 2.57. The summed E-state index contributed by atoms with van der Waals surface area (Å²) in [6.07, 6.45) is 4.62. The molecule has 2 aromatic heterocycles. The van der Waals surface area contributed by atoms with Crippen LogP contribution in [0.3, 0.4) is 0 Å². The molecule has 6 nitrogen and oxygen atoms in total. The standard InChI is InChI=1S/C16H22BrN5O/c1-16(2,3)5-7-20-8-9-21(11-14(20)23)13-4-6-22-15(19-13)12(17)10-18-22/h4,6,10H,5,7-9,11H2,1-3H3. The fourth-order valence-corrected chi connectivity index (χ4v) is 2.98. The molecule has 0 atom stereocenters. The lowest BCUT2D eigenvalue weighted by Crippen LogP contribution is -2.51. The molecule has 2 aromatic rings. The van der Waals surface area contributed by atoms with Crippen LogP contribution in [0.4, 0.5) is 5.82 Å². The second kappa shape index (κ2) is 6.11. The van der Waals surface area contributed by atoms with Gasteiger partial charge in [0.15, 0.2) is 5.65 Å². The zero-order valence-corrected chi connectivity index (χ0v) is 15.4. The molecule has 0 spiro atoms. The minimum atomic E-state index is 0.176. The highest BCUT2D eigenvalue weighted by Gasteiger charge is 2.26. The van der Waals surface area contributed by atoms with E-state index in [9.17, 15) is 4.79 Å². The molecule has 0 aromatic carbocycles. The molecular formula is C16H22BrN5O. The maximum absolute atomic E-state index is 12.4. The van der Waals surface area contributed by atoms with E-state index in [4.69, 9.17) is 0 Å². The minimum absolute atomic E-state index is 0.176. The molecule has 3 rings (SSSR count). The van der Waals surface area contributed by atoms with E-state index in [-0.39, 0.29) is 11.3 Å². The van der Waals surface area contributed by atoms with E-state index in [1.54, 1.807) is 10.7 Å². The summed E-state index contributed by atoms with van der Waals surface area (Å²) in [7, 11) is 0. The van der Waals surface area contributed by atoms with Gasteiger partial charge in [0.05, 0.1) is 17.2 Å². The van der Waals surface area contributed by atoms with Crippen molar-refractivity contribution in [3.8, 4) is 0 Å². The zero-order chi connectivity index (χ0) is 16.6. The first-order chi connectivity index (χ1) is 10.8. The Bertz CT molecular complexity index is 721. The lowest BCUT2D eigenvalue weighted by Gasteiger charge is -2.36. The SMILES string of the molecule is CC(C)(C)CCN1CCN(c2ccn3ncc(Br)c3n2)CC1=O. The number of aromatic nitrogens is 3. The Balaban J connectivity index is 1.69. The van der Waals surface area contributed by atoms with Crippen LogP contribution in [0, 0.1) is 5.41 Å². The summed E-state index contributed by atoms with van der Waals surface area (Å²) in [6.45, 7) is 9.39. The van der Waals surface area contributed by atoms with Crippen molar-refractivity contribution in [2.45, 2.75) is 27.2 Å². The Morgan fingerprint density at radius 3 is 2.78 bits per heavy atom. The molecule has 7 heteroatoms. The summed E-state index contributed by atoms with van der Waals surface area (Å²) in [5, 5.41) is 4.19. The summed E-state index contributed by atoms with van der Waals surface area (Å²) in [5.41, 5.74) is 1.02. The summed E-state index contributed by atoms with van der Waals surface area (Å²) >= 11 is 3.45. The molecule has 23 heavy (non-hydrogen) atoms. The van der Waals surface area contributed by atoms with Crippen LogP contribution in [-0.2, 0) is 4.79 Å². The zero-order valence-electron chi connectivity index (χ0n) is 13.8. The Morgan fingerprint density at radius 1 is 1.30 bits per heavy atom. The van der Waals surface area contributed by atoms with Crippen LogP contribution in [0.1, 0.15) is 27.2 Å². The third-order valence-electron chi connectivity index (χ3n) is 4.09. The summed E-state index contributed by atoms with van der Waals surface area (Å²) in [4.78, 5) is 21.0. The Labute approximate surface area is 144 Å². The Kier molecular flexibility index (Phi) is 4.31. The Hall–Kier alpha value is -1.63. The third kappa shape index (κ3) is 3.65. The molecule has 1 fully saturated rings. The predicted molar refractivity (Wildman–Crippen MR) is 93.6 cm³/mol. The van der Waals surface area contributed by atoms with Crippen LogP contribution in [0.25, 0.3) is 5.65 Å². The van der Waals surface area contributed by atoms with Gasteiger partial charge in [-0.05, 0) is 33.8 Å². The van der Waals surface area contributed by atoms with Crippen molar-refractivity contribution in [1.82, 2.24) is 19.5 Å². The lowest BCUT2D eigenvalue weighted by atomic mass is 9.92. The monoisotopic (exact) mass is 379 g/mol. The lowest BCUT2D eigenvalue weighted by molar-refractivity contribution is -0.131. The molecule has 3 heterocycles. The van der Waals surface area contributed by atoms with Gasteiger partial charge in [-0.3, -0.25) is 4.79 Å². The van der Waals surface area contributed by atoms with E-state index in [1.165, 1.54) is 0 Å². The number of hydrogen-bond donors (Lipinski definition) is 0. The number of halogens is 1. The smallest absolute Gasteiger partial charge is 0.242 e. The molecule has 0 N–H and O–H groups in total. The largest absolute Gasteiger partial charge is 0.345 e. The van der Waals surface area contributed by atoms with Gasteiger partial charge in [-0.1, -0.05) is 20.8 Å². The molecule has 0 radical (unpaired) electrons. The molecule has 0 unspecified atom stereocenters. The van der Waals surface area contributed by atoms with Crippen molar-refractivity contribution in [3.05, 3.63) is 22.9 Å². The van der Waals surface area contributed by atoms with E-state index in [0.717, 1.165) is 42.0 Å². The average Bonchev–Trinajstić information content (AvgIpc) is 2.86. The maximum atomic E-state index is 12.4. The first-order valence-corrected chi connectivity index (χ1v) is 8.65. The number of carbonyl (C=O) groups is 1. The highest BCUT2D eigenvalue weighted by Crippen LogP contribution is 2.22. The first-order valence-electron chi connectivity index (χ1n) is 7.86. The van der Waals surface area contributed by atoms with Crippen LogP contribution in [0.5, 0.6) is 0 Å². The number of anilines is 1. The van der Waals surface area contributed by atoms with Gasteiger partial charge in [-0.2, -0.15) is 5.10 Å². The van der Waals surface area contributed by atoms with Crippen molar-refractivity contribution in [2.75, 3.05) is 31.1 Å². The van der Waals surface area contributed by atoms with E-state index < -0.39 is 0 Å². The number of rotatable bonds is 3. The minimum Gasteiger partial charge on any atom is -0.345 e. The Morgan fingerprint density at radius 2 is 2.09 bits per heavy atom. The fourth-order valence-electron chi connectivity index (χ4n) is 2.62. The van der Waals surface area contributed by atoms with Gasteiger partial charge in [-0.15, -0.1) is 0 Å². The van der Waals surface area contributed by atoms with E-state index in [2.05, 4.69) is 46.8 Å². The van der Waals surface area contributed by atoms with Crippen molar-refractivity contribution in [3.63, 3.8) is 0 Å². The summed E-state index contributed by atoms with van der Waals surface area (Å²) in [5.74, 6) is 0.997. The van der Waals surface area contributed by atoms with Crippen LogP contribution < -0.4 is 4.90 Å². The van der Waals surface area contributed by atoms with E-state index in [1.807, 2.05) is 22.1 Å². The summed E-state index contributed by atoms with van der Waals surface area (Å²) in [6, 6.07) is 1.91. The van der Waals surface area contributed by atoms with Crippen molar-refractivity contribution < 1.29 is 4.79 Å². The molecule has 1 aliphatic heterocycles. The normalized spacial score (nSPS) is 16.4. The maximum Gasteiger partial charge on any atom is 0.242 e. The van der Waals surface area contributed by atoms with Crippen molar-refractivity contribution in [2.24, 2.45) is 5.41 Å². The van der Waals surface area contributed by atoms with E-state index in [0.29, 0.717) is 6.54 Å². The van der Waals surface area contributed by atoms with Crippen LogP contribution in [0.2, 0.25) is 0 Å². The molecule has 0 saturated carbocycles. The molecule has 0 bridgehead atoms. The highest BCUT2D eigenvalue weighted by atomic mass is 79.9. The number of hydrogen-bond acceptors (Lipinski definition) is 4. The number of amides is 1. The third-order valence-corrected chi connectivity index (χ3v) is 4.65. The molecular weight excluding hydrogens is 358 g/mol. The first kappa shape index (κ1) is 16.2. The fraction of sp³-hybridized carbons (Fsp3) is 0.562. The number of piperazine rings is 1.